The highest BCUT2D eigenvalue weighted by Crippen LogP contribution is 2.27. The van der Waals surface area contributed by atoms with Gasteiger partial charge in [-0.15, -0.1) is 0 Å². The van der Waals surface area contributed by atoms with E-state index in [9.17, 15) is 0 Å². The minimum atomic E-state index is 1.16. The number of rotatable bonds is 5. The van der Waals surface area contributed by atoms with Crippen molar-refractivity contribution in [3.05, 3.63) is 35.5 Å². The highest BCUT2D eigenvalue weighted by atomic mass is 15.0. The molecule has 0 aliphatic rings. The number of unbranched alkanes of at least 4 members (excludes halogenated alkanes) is 1. The summed E-state index contributed by atoms with van der Waals surface area (Å²) in [6, 6.07) is 8.85. The van der Waals surface area contributed by atoms with Crippen molar-refractivity contribution in [2.45, 2.75) is 53.0 Å². The molecule has 2 aromatic rings. The molecule has 1 heterocycles. The van der Waals surface area contributed by atoms with Crippen LogP contribution < -0.4 is 0 Å². The Morgan fingerprint density at radius 1 is 1.06 bits per heavy atom. The molecule has 1 aromatic carbocycles. The minimum absolute atomic E-state index is 1.16. The van der Waals surface area contributed by atoms with Gasteiger partial charge < -0.3 is 4.57 Å². The number of hydrogen-bond donors (Lipinski definition) is 0. The standard InChI is InChI=1S/C16H23N/c1-4-6-12-17-13(3)14(9-5-2)15-10-7-8-11-16(15)17/h7-8,10-11H,4-6,9,12H2,1-3H3. The first-order valence-electron chi connectivity index (χ1n) is 6.86. The molecule has 0 amide bonds. The van der Waals surface area contributed by atoms with Crippen LogP contribution in [-0.2, 0) is 13.0 Å². The van der Waals surface area contributed by atoms with Crippen molar-refractivity contribution in [3.63, 3.8) is 0 Å². The van der Waals surface area contributed by atoms with Crippen molar-refractivity contribution in [2.75, 3.05) is 0 Å². The minimum Gasteiger partial charge on any atom is -0.345 e. The smallest absolute Gasteiger partial charge is 0.0485 e. The van der Waals surface area contributed by atoms with Gasteiger partial charge in [0.15, 0.2) is 0 Å². The summed E-state index contributed by atoms with van der Waals surface area (Å²) < 4.78 is 2.50. The van der Waals surface area contributed by atoms with Gasteiger partial charge in [-0.1, -0.05) is 44.9 Å². The van der Waals surface area contributed by atoms with Crippen LogP contribution in [-0.4, -0.2) is 4.57 Å². The van der Waals surface area contributed by atoms with E-state index in [1.165, 1.54) is 42.3 Å². The topological polar surface area (TPSA) is 4.93 Å². The molecule has 0 radical (unpaired) electrons. The van der Waals surface area contributed by atoms with Gasteiger partial charge in [-0.05, 0) is 31.4 Å². The zero-order chi connectivity index (χ0) is 12.3. The molecular weight excluding hydrogens is 206 g/mol. The van der Waals surface area contributed by atoms with E-state index in [4.69, 9.17) is 0 Å². The predicted octanol–water partition coefficient (Wildman–Crippen LogP) is 4.70. The van der Waals surface area contributed by atoms with E-state index in [1.54, 1.807) is 5.56 Å². The van der Waals surface area contributed by atoms with Gasteiger partial charge in [-0.3, -0.25) is 0 Å². The maximum Gasteiger partial charge on any atom is 0.0485 e. The summed E-state index contributed by atoms with van der Waals surface area (Å²) in [5, 5.41) is 1.46. The van der Waals surface area contributed by atoms with E-state index in [2.05, 4.69) is 49.6 Å². The molecule has 1 aromatic heterocycles. The molecule has 0 aliphatic heterocycles. The molecule has 0 aliphatic carbocycles. The van der Waals surface area contributed by atoms with Crippen LogP contribution in [0.1, 0.15) is 44.4 Å². The number of para-hydroxylation sites is 1. The van der Waals surface area contributed by atoms with Gasteiger partial charge in [0.2, 0.25) is 0 Å². The largest absolute Gasteiger partial charge is 0.345 e. The number of nitrogens with zero attached hydrogens (tertiary/aromatic N) is 1. The molecule has 0 unspecified atom stereocenters. The Kier molecular flexibility index (Phi) is 3.88. The molecule has 1 heteroatoms. The van der Waals surface area contributed by atoms with Gasteiger partial charge in [-0.25, -0.2) is 0 Å². The van der Waals surface area contributed by atoms with E-state index in [0.717, 1.165) is 6.54 Å². The van der Waals surface area contributed by atoms with Gasteiger partial charge in [-0.2, -0.15) is 0 Å². The highest BCUT2D eigenvalue weighted by molar-refractivity contribution is 5.85. The SMILES string of the molecule is CCCCn1c(C)c(CCC)c2ccccc21. The lowest BCUT2D eigenvalue weighted by molar-refractivity contribution is 0.634. The summed E-state index contributed by atoms with van der Waals surface area (Å²) in [6.45, 7) is 7.96. The summed E-state index contributed by atoms with van der Waals surface area (Å²) in [7, 11) is 0. The van der Waals surface area contributed by atoms with Crippen LogP contribution in [0, 0.1) is 6.92 Å². The van der Waals surface area contributed by atoms with Crippen LogP contribution in [0.3, 0.4) is 0 Å². The first-order valence-corrected chi connectivity index (χ1v) is 6.86. The molecule has 0 atom stereocenters. The van der Waals surface area contributed by atoms with E-state index in [-0.39, 0.29) is 0 Å². The molecular formula is C16H23N. The number of fused-ring (bicyclic) bond motifs is 1. The second-order valence-corrected chi connectivity index (χ2v) is 4.84. The molecule has 0 saturated heterocycles. The molecule has 0 saturated carbocycles. The normalized spacial score (nSPS) is 11.2. The number of aromatic nitrogens is 1. The van der Waals surface area contributed by atoms with Crippen LogP contribution in [0.5, 0.6) is 0 Å². The first kappa shape index (κ1) is 12.2. The molecule has 0 bridgehead atoms. The number of hydrogen-bond acceptors (Lipinski definition) is 0. The molecule has 17 heavy (non-hydrogen) atoms. The van der Waals surface area contributed by atoms with E-state index < -0.39 is 0 Å². The third kappa shape index (κ3) is 2.24. The summed E-state index contributed by atoms with van der Waals surface area (Å²) in [5.74, 6) is 0. The van der Waals surface area contributed by atoms with E-state index >= 15 is 0 Å². The Labute approximate surface area is 104 Å². The lowest BCUT2D eigenvalue weighted by Gasteiger charge is -2.07. The summed E-state index contributed by atoms with van der Waals surface area (Å²) >= 11 is 0. The highest BCUT2D eigenvalue weighted by Gasteiger charge is 2.11. The lowest BCUT2D eigenvalue weighted by atomic mass is 10.1. The molecule has 2 rings (SSSR count). The molecule has 92 valence electrons. The van der Waals surface area contributed by atoms with Gasteiger partial charge in [0.25, 0.3) is 0 Å². The quantitative estimate of drug-likeness (QED) is 0.700. The second-order valence-electron chi connectivity index (χ2n) is 4.84. The van der Waals surface area contributed by atoms with Crippen LogP contribution in [0.15, 0.2) is 24.3 Å². The van der Waals surface area contributed by atoms with Crippen molar-refractivity contribution in [1.29, 1.82) is 0 Å². The number of benzene rings is 1. The monoisotopic (exact) mass is 229 g/mol. The average molecular weight is 229 g/mol. The van der Waals surface area contributed by atoms with Crippen LogP contribution >= 0.6 is 0 Å². The fraction of sp³-hybridized carbons (Fsp3) is 0.500. The van der Waals surface area contributed by atoms with Gasteiger partial charge in [0.1, 0.15) is 0 Å². The average Bonchev–Trinajstić information content (AvgIpc) is 2.61. The third-order valence-corrected chi connectivity index (χ3v) is 3.60. The van der Waals surface area contributed by atoms with Crippen LogP contribution in [0.4, 0.5) is 0 Å². The fourth-order valence-electron chi connectivity index (χ4n) is 2.67. The van der Waals surface area contributed by atoms with Crippen molar-refractivity contribution in [1.82, 2.24) is 4.57 Å². The van der Waals surface area contributed by atoms with Crippen molar-refractivity contribution in [3.8, 4) is 0 Å². The Balaban J connectivity index is 2.53. The summed E-state index contributed by atoms with van der Waals surface area (Å²) in [6.07, 6.45) is 4.95. The lowest BCUT2D eigenvalue weighted by Crippen LogP contribution is -2.00. The zero-order valence-electron chi connectivity index (χ0n) is 11.3. The zero-order valence-corrected chi connectivity index (χ0v) is 11.3. The van der Waals surface area contributed by atoms with Gasteiger partial charge >= 0.3 is 0 Å². The predicted molar refractivity (Wildman–Crippen MR) is 75.6 cm³/mol. The third-order valence-electron chi connectivity index (χ3n) is 3.60. The first-order chi connectivity index (χ1) is 8.29. The number of aryl methyl sites for hydroxylation is 2. The summed E-state index contributed by atoms with van der Waals surface area (Å²) in [4.78, 5) is 0. The Bertz CT molecular complexity index is 493. The Morgan fingerprint density at radius 2 is 1.82 bits per heavy atom. The van der Waals surface area contributed by atoms with Crippen molar-refractivity contribution in [2.24, 2.45) is 0 Å². The van der Waals surface area contributed by atoms with Gasteiger partial charge in [0.05, 0.1) is 0 Å². The second kappa shape index (κ2) is 5.39. The van der Waals surface area contributed by atoms with E-state index in [0.29, 0.717) is 0 Å². The Morgan fingerprint density at radius 3 is 2.53 bits per heavy atom. The Hall–Kier alpha value is -1.24. The molecule has 0 spiro atoms. The van der Waals surface area contributed by atoms with Crippen LogP contribution in [0.25, 0.3) is 10.9 Å². The molecule has 0 fully saturated rings. The summed E-state index contributed by atoms with van der Waals surface area (Å²) in [5.41, 5.74) is 4.45. The fourth-order valence-corrected chi connectivity index (χ4v) is 2.67. The van der Waals surface area contributed by atoms with Crippen molar-refractivity contribution < 1.29 is 0 Å². The van der Waals surface area contributed by atoms with Crippen LogP contribution in [0.2, 0.25) is 0 Å². The van der Waals surface area contributed by atoms with Gasteiger partial charge in [0, 0.05) is 23.1 Å². The van der Waals surface area contributed by atoms with Crippen molar-refractivity contribution >= 4 is 10.9 Å². The van der Waals surface area contributed by atoms with E-state index in [1.807, 2.05) is 0 Å². The molecule has 0 N–H and O–H groups in total. The maximum atomic E-state index is 2.50. The molecule has 1 nitrogen and oxygen atoms in total. The maximum absolute atomic E-state index is 2.50.